The molecule has 0 aliphatic carbocycles. The predicted octanol–water partition coefficient (Wildman–Crippen LogP) is 1.26. The van der Waals surface area contributed by atoms with Gasteiger partial charge in [-0.05, 0) is 59.4 Å². The van der Waals surface area contributed by atoms with Crippen LogP contribution in [0.3, 0.4) is 0 Å². The molecule has 0 radical (unpaired) electrons. The molecule has 1 heterocycles. The van der Waals surface area contributed by atoms with Crippen LogP contribution in [-0.2, 0) is 0 Å². The molecule has 1 rings (SSSR count). The highest BCUT2D eigenvalue weighted by molar-refractivity contribution is 4.74. The summed E-state index contributed by atoms with van der Waals surface area (Å²) in [5, 5.41) is 3.47. The van der Waals surface area contributed by atoms with Crippen molar-refractivity contribution in [2.45, 2.75) is 32.7 Å². The fraction of sp³-hybridized carbons (Fsp3) is 1.00. The normalized spacial score (nSPS) is 21.6. The van der Waals surface area contributed by atoms with Gasteiger partial charge in [0, 0.05) is 19.1 Å². The maximum Gasteiger partial charge on any atom is 0.0166 e. The molecule has 3 nitrogen and oxygen atoms in total. The number of nitrogens with one attached hydrogen (secondary N) is 1. The lowest BCUT2D eigenvalue weighted by Gasteiger charge is -2.32. The third-order valence-electron chi connectivity index (χ3n) is 3.55. The molecule has 0 saturated carbocycles. The van der Waals surface area contributed by atoms with Gasteiger partial charge in [-0.2, -0.15) is 0 Å². The topological polar surface area (TPSA) is 18.5 Å². The lowest BCUT2D eigenvalue weighted by molar-refractivity contribution is 0.171. The van der Waals surface area contributed by atoms with Crippen LogP contribution in [0.2, 0.25) is 0 Å². The fourth-order valence-electron chi connectivity index (χ4n) is 2.64. The van der Waals surface area contributed by atoms with Crippen LogP contribution in [0, 0.1) is 5.92 Å². The summed E-state index contributed by atoms with van der Waals surface area (Å²) in [5.41, 5.74) is 0. The predicted molar refractivity (Wildman–Crippen MR) is 70.9 cm³/mol. The van der Waals surface area contributed by atoms with E-state index in [1.807, 2.05) is 0 Å². The molecule has 1 N–H and O–H groups in total. The molecule has 0 aromatic heterocycles. The van der Waals surface area contributed by atoms with Crippen LogP contribution < -0.4 is 5.32 Å². The second-order valence-electron chi connectivity index (χ2n) is 5.43. The van der Waals surface area contributed by atoms with Crippen molar-refractivity contribution in [1.29, 1.82) is 0 Å². The summed E-state index contributed by atoms with van der Waals surface area (Å²) in [6.07, 6.45) is 2.74. The Morgan fingerprint density at radius 1 is 1.38 bits per heavy atom. The van der Waals surface area contributed by atoms with E-state index in [-0.39, 0.29) is 0 Å². The van der Waals surface area contributed by atoms with Crippen LogP contribution in [0.4, 0.5) is 0 Å². The molecule has 96 valence electrons. The minimum Gasteiger partial charge on any atom is -0.313 e. The highest BCUT2D eigenvalue weighted by Crippen LogP contribution is 2.16. The van der Waals surface area contributed by atoms with Gasteiger partial charge in [0.1, 0.15) is 0 Å². The summed E-state index contributed by atoms with van der Waals surface area (Å²) >= 11 is 0. The molecule has 0 aromatic rings. The first-order valence-electron chi connectivity index (χ1n) is 6.72. The summed E-state index contributed by atoms with van der Waals surface area (Å²) in [6, 6.07) is 0.612. The molecule has 1 unspecified atom stereocenters. The Morgan fingerprint density at radius 3 is 2.56 bits per heavy atom. The molecule has 1 saturated heterocycles. The summed E-state index contributed by atoms with van der Waals surface area (Å²) in [4.78, 5) is 4.93. The number of piperidine rings is 1. The highest BCUT2D eigenvalue weighted by Gasteiger charge is 2.18. The van der Waals surface area contributed by atoms with Gasteiger partial charge in [-0.25, -0.2) is 0 Å². The SMILES string of the molecule is CCNC(C)CN(C)CC1CCN(C)CC1. The molecule has 1 atom stereocenters. The Labute approximate surface area is 101 Å². The van der Waals surface area contributed by atoms with E-state index in [2.05, 4.69) is 43.1 Å². The zero-order valence-corrected chi connectivity index (χ0v) is 11.5. The van der Waals surface area contributed by atoms with Crippen LogP contribution in [-0.4, -0.2) is 62.7 Å². The van der Waals surface area contributed by atoms with Gasteiger partial charge in [0.25, 0.3) is 0 Å². The van der Waals surface area contributed by atoms with Gasteiger partial charge in [0.15, 0.2) is 0 Å². The van der Waals surface area contributed by atoms with Crippen LogP contribution in [0.1, 0.15) is 26.7 Å². The largest absolute Gasteiger partial charge is 0.313 e. The number of nitrogens with zero attached hydrogens (tertiary/aromatic N) is 2. The molecule has 0 aromatic carbocycles. The summed E-state index contributed by atoms with van der Waals surface area (Å²) < 4.78 is 0. The van der Waals surface area contributed by atoms with Crippen LogP contribution in [0.5, 0.6) is 0 Å². The van der Waals surface area contributed by atoms with E-state index in [1.54, 1.807) is 0 Å². The lowest BCUT2D eigenvalue weighted by atomic mass is 9.96. The van der Waals surface area contributed by atoms with Gasteiger partial charge in [-0.1, -0.05) is 6.92 Å². The average Bonchev–Trinajstić information content (AvgIpc) is 2.21. The molecule has 16 heavy (non-hydrogen) atoms. The van der Waals surface area contributed by atoms with E-state index in [9.17, 15) is 0 Å². The van der Waals surface area contributed by atoms with Crippen molar-refractivity contribution in [3.8, 4) is 0 Å². The van der Waals surface area contributed by atoms with Gasteiger partial charge >= 0.3 is 0 Å². The van der Waals surface area contributed by atoms with E-state index in [1.165, 1.54) is 39.0 Å². The molecule has 0 bridgehead atoms. The first-order chi connectivity index (χ1) is 7.61. The van der Waals surface area contributed by atoms with Crippen LogP contribution >= 0.6 is 0 Å². The standard InChI is InChI=1S/C13H29N3/c1-5-14-12(2)10-16(4)11-13-6-8-15(3)9-7-13/h12-14H,5-11H2,1-4H3. The monoisotopic (exact) mass is 227 g/mol. The van der Waals surface area contributed by atoms with Gasteiger partial charge < -0.3 is 15.1 Å². The maximum atomic E-state index is 3.47. The lowest BCUT2D eigenvalue weighted by Crippen LogP contribution is -2.41. The smallest absolute Gasteiger partial charge is 0.0166 e. The fourth-order valence-corrected chi connectivity index (χ4v) is 2.64. The third-order valence-corrected chi connectivity index (χ3v) is 3.55. The maximum absolute atomic E-state index is 3.47. The number of rotatable bonds is 6. The molecular weight excluding hydrogens is 198 g/mol. The molecule has 1 fully saturated rings. The Hall–Kier alpha value is -0.120. The van der Waals surface area contributed by atoms with Crippen molar-refractivity contribution in [2.75, 3.05) is 46.8 Å². The van der Waals surface area contributed by atoms with Crippen molar-refractivity contribution < 1.29 is 0 Å². The van der Waals surface area contributed by atoms with Crippen molar-refractivity contribution in [3.05, 3.63) is 0 Å². The summed E-state index contributed by atoms with van der Waals surface area (Å²) in [7, 11) is 4.49. The van der Waals surface area contributed by atoms with Gasteiger partial charge in [0.2, 0.25) is 0 Å². The number of hydrogen-bond acceptors (Lipinski definition) is 3. The molecule has 0 amide bonds. The van der Waals surface area contributed by atoms with Crippen molar-refractivity contribution in [2.24, 2.45) is 5.92 Å². The van der Waals surface area contributed by atoms with Gasteiger partial charge in [0.05, 0.1) is 0 Å². The molecule has 1 aliphatic rings. The van der Waals surface area contributed by atoms with E-state index >= 15 is 0 Å². The quantitative estimate of drug-likeness (QED) is 0.737. The minimum atomic E-state index is 0.612. The zero-order valence-electron chi connectivity index (χ0n) is 11.5. The van der Waals surface area contributed by atoms with E-state index in [0.29, 0.717) is 6.04 Å². The summed E-state index contributed by atoms with van der Waals surface area (Å²) in [5.74, 6) is 0.912. The Morgan fingerprint density at radius 2 is 2.00 bits per heavy atom. The highest BCUT2D eigenvalue weighted by atomic mass is 15.1. The van der Waals surface area contributed by atoms with Crippen LogP contribution in [0.15, 0.2) is 0 Å². The second kappa shape index (κ2) is 7.25. The van der Waals surface area contributed by atoms with E-state index in [4.69, 9.17) is 0 Å². The van der Waals surface area contributed by atoms with E-state index in [0.717, 1.165) is 12.5 Å². The minimum absolute atomic E-state index is 0.612. The molecule has 3 heteroatoms. The van der Waals surface area contributed by atoms with Crippen molar-refractivity contribution in [1.82, 2.24) is 15.1 Å². The average molecular weight is 227 g/mol. The molecular formula is C13H29N3. The third kappa shape index (κ3) is 5.28. The number of hydrogen-bond donors (Lipinski definition) is 1. The van der Waals surface area contributed by atoms with E-state index < -0.39 is 0 Å². The van der Waals surface area contributed by atoms with Gasteiger partial charge in [-0.3, -0.25) is 0 Å². The Balaban J connectivity index is 2.15. The second-order valence-corrected chi connectivity index (χ2v) is 5.43. The first-order valence-corrected chi connectivity index (χ1v) is 6.72. The number of likely N-dealkylation sites (tertiary alicyclic amines) is 1. The Kier molecular flexibility index (Phi) is 6.32. The first kappa shape index (κ1) is 13.9. The van der Waals surface area contributed by atoms with Crippen LogP contribution in [0.25, 0.3) is 0 Å². The number of likely N-dealkylation sites (N-methyl/N-ethyl adjacent to an activating group) is 2. The zero-order chi connectivity index (χ0) is 12.0. The molecule has 0 spiro atoms. The van der Waals surface area contributed by atoms with Crippen molar-refractivity contribution >= 4 is 0 Å². The van der Waals surface area contributed by atoms with Gasteiger partial charge in [-0.15, -0.1) is 0 Å². The molecule has 1 aliphatic heterocycles. The Bertz CT molecular complexity index is 176. The van der Waals surface area contributed by atoms with Crippen molar-refractivity contribution in [3.63, 3.8) is 0 Å². The summed E-state index contributed by atoms with van der Waals surface area (Å²) in [6.45, 7) is 10.5.